The normalized spacial score (nSPS) is 16.1. The van der Waals surface area contributed by atoms with Gasteiger partial charge in [-0.15, -0.1) is 10.2 Å². The van der Waals surface area contributed by atoms with Gasteiger partial charge in [-0.05, 0) is 24.4 Å². The van der Waals surface area contributed by atoms with Gasteiger partial charge in [0.05, 0.1) is 0 Å². The molecule has 0 unspecified atom stereocenters. The summed E-state index contributed by atoms with van der Waals surface area (Å²) in [6.07, 6.45) is 2.14. The number of hydrogen-bond donors (Lipinski definition) is 1. The van der Waals surface area contributed by atoms with Gasteiger partial charge in [0, 0.05) is 6.04 Å². The van der Waals surface area contributed by atoms with E-state index in [0.717, 1.165) is 24.2 Å². The molecule has 1 N–H and O–H groups in total. The van der Waals surface area contributed by atoms with Crippen LogP contribution in [0.5, 0.6) is 0 Å². The van der Waals surface area contributed by atoms with Gasteiger partial charge in [0.2, 0.25) is 9.47 Å². The Hall–Kier alpha value is -0.680. The Kier molecular flexibility index (Phi) is 1.98. The maximum atomic E-state index is 11.2. The van der Waals surface area contributed by atoms with Crippen molar-refractivity contribution in [1.29, 1.82) is 0 Å². The van der Waals surface area contributed by atoms with Gasteiger partial charge in [-0.2, -0.15) is 0 Å². The number of nitrogens with zero attached hydrogens (tertiary/aromatic N) is 2. The number of rotatable bonds is 2. The standard InChI is InChI=1S/C6H6ClN3OS/c7-6-10-9-5(12-6)4(11)8-3-1-2-3/h3H,1-2H2,(H,8,11). The van der Waals surface area contributed by atoms with E-state index >= 15 is 0 Å². The van der Waals surface area contributed by atoms with E-state index in [1.807, 2.05) is 0 Å². The van der Waals surface area contributed by atoms with E-state index in [4.69, 9.17) is 11.6 Å². The third-order valence-corrected chi connectivity index (χ3v) is 2.52. The second-order valence-electron chi connectivity index (χ2n) is 2.61. The summed E-state index contributed by atoms with van der Waals surface area (Å²) in [5, 5.41) is 10.3. The van der Waals surface area contributed by atoms with Gasteiger partial charge in [0.1, 0.15) is 0 Å². The average Bonchev–Trinajstić information content (AvgIpc) is 2.72. The topological polar surface area (TPSA) is 54.9 Å². The molecule has 2 rings (SSSR count). The van der Waals surface area contributed by atoms with Gasteiger partial charge in [-0.1, -0.05) is 11.3 Å². The van der Waals surface area contributed by atoms with Crippen molar-refractivity contribution in [2.45, 2.75) is 18.9 Å². The first kappa shape index (κ1) is 7.94. The third kappa shape index (κ3) is 1.73. The van der Waals surface area contributed by atoms with Crippen molar-refractivity contribution in [3.63, 3.8) is 0 Å². The molecular weight excluding hydrogens is 198 g/mol. The lowest BCUT2D eigenvalue weighted by Crippen LogP contribution is -2.25. The van der Waals surface area contributed by atoms with Crippen LogP contribution in [-0.4, -0.2) is 22.1 Å². The van der Waals surface area contributed by atoms with Crippen LogP contribution in [0.1, 0.15) is 22.6 Å². The molecule has 1 saturated carbocycles. The molecule has 1 amide bonds. The van der Waals surface area contributed by atoms with E-state index in [1.54, 1.807) is 0 Å². The Bertz CT molecular complexity index is 309. The smallest absolute Gasteiger partial charge is 0.282 e. The second kappa shape index (κ2) is 2.99. The zero-order valence-electron chi connectivity index (χ0n) is 6.08. The molecule has 6 heteroatoms. The highest BCUT2D eigenvalue weighted by atomic mass is 35.5. The summed E-state index contributed by atoms with van der Waals surface area (Å²) in [5.41, 5.74) is 0. The molecule has 0 saturated heterocycles. The van der Waals surface area contributed by atoms with Gasteiger partial charge in [-0.3, -0.25) is 4.79 Å². The Balaban J connectivity index is 2.03. The minimum absolute atomic E-state index is 0.165. The Morgan fingerprint density at radius 2 is 2.33 bits per heavy atom. The molecule has 1 aliphatic rings. The number of halogens is 1. The van der Waals surface area contributed by atoms with Crippen LogP contribution in [-0.2, 0) is 0 Å². The number of aromatic nitrogens is 2. The largest absolute Gasteiger partial charge is 0.347 e. The monoisotopic (exact) mass is 203 g/mol. The lowest BCUT2D eigenvalue weighted by Gasteiger charge is -1.96. The van der Waals surface area contributed by atoms with Gasteiger partial charge < -0.3 is 5.32 Å². The predicted molar refractivity (Wildman–Crippen MR) is 45.4 cm³/mol. The summed E-state index contributed by atoms with van der Waals surface area (Å²) >= 11 is 6.62. The Labute approximate surface area is 77.9 Å². The summed E-state index contributed by atoms with van der Waals surface area (Å²) in [7, 11) is 0. The molecule has 0 aliphatic heterocycles. The zero-order valence-corrected chi connectivity index (χ0v) is 7.65. The van der Waals surface area contributed by atoms with E-state index in [-0.39, 0.29) is 5.91 Å². The van der Waals surface area contributed by atoms with Crippen molar-refractivity contribution in [2.75, 3.05) is 0 Å². The number of nitrogens with one attached hydrogen (secondary N) is 1. The Morgan fingerprint density at radius 3 is 2.83 bits per heavy atom. The molecule has 0 aromatic carbocycles. The van der Waals surface area contributed by atoms with Crippen molar-refractivity contribution >= 4 is 28.8 Å². The molecule has 64 valence electrons. The number of hydrogen-bond acceptors (Lipinski definition) is 4. The van der Waals surface area contributed by atoms with Gasteiger partial charge in [0.15, 0.2) is 0 Å². The van der Waals surface area contributed by atoms with Crippen LogP contribution in [0.2, 0.25) is 4.47 Å². The summed E-state index contributed by atoms with van der Waals surface area (Å²) in [4.78, 5) is 11.2. The van der Waals surface area contributed by atoms with E-state index in [1.165, 1.54) is 0 Å². The Morgan fingerprint density at radius 1 is 1.58 bits per heavy atom. The molecular formula is C6H6ClN3OS. The fourth-order valence-electron chi connectivity index (χ4n) is 0.772. The molecule has 0 bridgehead atoms. The first-order valence-electron chi connectivity index (χ1n) is 3.55. The first-order chi connectivity index (χ1) is 5.75. The molecule has 12 heavy (non-hydrogen) atoms. The van der Waals surface area contributed by atoms with Crippen LogP contribution in [0.4, 0.5) is 0 Å². The summed E-state index contributed by atoms with van der Waals surface area (Å²) in [5.74, 6) is -0.165. The van der Waals surface area contributed by atoms with Crippen LogP contribution in [0.15, 0.2) is 0 Å². The molecule has 1 aromatic rings. The highest BCUT2D eigenvalue weighted by Gasteiger charge is 2.25. The van der Waals surface area contributed by atoms with Crippen LogP contribution in [0.25, 0.3) is 0 Å². The van der Waals surface area contributed by atoms with Crippen molar-refractivity contribution in [3.8, 4) is 0 Å². The number of carbonyl (C=O) groups excluding carboxylic acids is 1. The number of carbonyl (C=O) groups is 1. The summed E-state index contributed by atoms with van der Waals surface area (Å²) in [6.45, 7) is 0. The second-order valence-corrected chi connectivity index (χ2v) is 4.17. The lowest BCUT2D eigenvalue weighted by molar-refractivity contribution is 0.0950. The highest BCUT2D eigenvalue weighted by molar-refractivity contribution is 7.17. The van der Waals surface area contributed by atoms with E-state index in [9.17, 15) is 4.79 Å². The maximum absolute atomic E-state index is 11.2. The highest BCUT2D eigenvalue weighted by Crippen LogP contribution is 2.20. The van der Waals surface area contributed by atoms with Crippen LogP contribution in [0.3, 0.4) is 0 Å². The van der Waals surface area contributed by atoms with E-state index in [0.29, 0.717) is 15.5 Å². The molecule has 0 atom stereocenters. The molecule has 1 heterocycles. The minimum Gasteiger partial charge on any atom is -0.347 e. The molecule has 0 spiro atoms. The molecule has 0 radical (unpaired) electrons. The van der Waals surface area contributed by atoms with E-state index in [2.05, 4.69) is 15.5 Å². The molecule has 1 fully saturated rings. The SMILES string of the molecule is O=C(NC1CC1)c1nnc(Cl)s1. The minimum atomic E-state index is -0.165. The zero-order chi connectivity index (χ0) is 8.55. The number of amides is 1. The average molecular weight is 204 g/mol. The van der Waals surface area contributed by atoms with Gasteiger partial charge in [-0.25, -0.2) is 0 Å². The fourth-order valence-corrected chi connectivity index (χ4v) is 1.50. The molecule has 4 nitrogen and oxygen atoms in total. The summed E-state index contributed by atoms with van der Waals surface area (Å²) < 4.78 is 0.302. The van der Waals surface area contributed by atoms with Crippen molar-refractivity contribution < 1.29 is 4.79 Å². The van der Waals surface area contributed by atoms with Crippen molar-refractivity contribution in [3.05, 3.63) is 9.47 Å². The van der Waals surface area contributed by atoms with Crippen LogP contribution < -0.4 is 5.32 Å². The summed E-state index contributed by atoms with van der Waals surface area (Å²) in [6, 6.07) is 0.347. The van der Waals surface area contributed by atoms with Crippen molar-refractivity contribution in [2.24, 2.45) is 0 Å². The van der Waals surface area contributed by atoms with Gasteiger partial charge in [0.25, 0.3) is 5.91 Å². The third-order valence-electron chi connectivity index (χ3n) is 1.51. The first-order valence-corrected chi connectivity index (χ1v) is 4.75. The molecule has 1 aromatic heterocycles. The molecule has 1 aliphatic carbocycles. The maximum Gasteiger partial charge on any atom is 0.282 e. The van der Waals surface area contributed by atoms with Gasteiger partial charge >= 0.3 is 0 Å². The van der Waals surface area contributed by atoms with Crippen LogP contribution >= 0.6 is 22.9 Å². The quantitative estimate of drug-likeness (QED) is 0.783. The predicted octanol–water partition coefficient (Wildman–Crippen LogP) is 1.08. The van der Waals surface area contributed by atoms with E-state index < -0.39 is 0 Å². The van der Waals surface area contributed by atoms with Crippen LogP contribution in [0, 0.1) is 0 Å². The van der Waals surface area contributed by atoms with Crippen molar-refractivity contribution in [1.82, 2.24) is 15.5 Å². The lowest BCUT2D eigenvalue weighted by atomic mass is 10.6. The fraction of sp³-hybridized carbons (Fsp3) is 0.500.